The van der Waals surface area contributed by atoms with Crippen LogP contribution in [0.5, 0.6) is 0 Å². The Bertz CT molecular complexity index is 1850. The molecule has 1 radical (unpaired) electrons. The maximum atomic E-state index is 11.7. The van der Waals surface area contributed by atoms with E-state index in [0.29, 0.717) is 0 Å². The van der Waals surface area contributed by atoms with E-state index in [2.05, 4.69) is 98.7 Å². The van der Waals surface area contributed by atoms with Crippen LogP contribution >= 0.6 is 11.3 Å². The Balaban J connectivity index is 0.000000322. The zero-order valence-electron chi connectivity index (χ0n) is 29.9. The van der Waals surface area contributed by atoms with Gasteiger partial charge in [0, 0.05) is 38.0 Å². The molecule has 0 aliphatic heterocycles. The summed E-state index contributed by atoms with van der Waals surface area (Å²) in [6, 6.07) is 23.9. The molecule has 0 amide bonds. The Morgan fingerprint density at radius 2 is 1.53 bits per heavy atom. The Kier molecular flexibility index (Phi) is 13.7. The first-order chi connectivity index (χ1) is 21.7. The summed E-state index contributed by atoms with van der Waals surface area (Å²) in [4.78, 5) is 16.6. The third kappa shape index (κ3) is 9.03. The van der Waals surface area contributed by atoms with Gasteiger partial charge in [0.1, 0.15) is 0 Å². The van der Waals surface area contributed by atoms with E-state index >= 15 is 0 Å². The molecule has 5 rings (SSSR count). The molecule has 0 fully saturated rings. The zero-order valence-corrected chi connectivity index (χ0v) is 35.2. The van der Waals surface area contributed by atoms with Gasteiger partial charge in [-0.05, 0) is 25.7 Å². The number of aromatic nitrogens is 1. The van der Waals surface area contributed by atoms with Crippen molar-refractivity contribution in [3.05, 3.63) is 84.3 Å². The summed E-state index contributed by atoms with van der Waals surface area (Å²) < 4.78 is 4.20. The van der Waals surface area contributed by atoms with Crippen LogP contribution < -0.4 is 4.40 Å². The first-order valence-electron chi connectivity index (χ1n) is 16.9. The first kappa shape index (κ1) is 39.1. The van der Waals surface area contributed by atoms with Crippen LogP contribution in [0, 0.1) is 17.9 Å². The standard InChI is InChI=1S/C28H28GeNS.C13H24O2.Ir/c1-28(2,3)24-16-19(15-18-9-7-8-10-21(18)24)26-27-23(13-14-30-26)22-12-11-20(29(4,5)6)17-25(22)31-27;1-5-10(6-2)12(14)9-13(15)11(7-3)8-4;/h7-14,16-17H,1-6H3;9-11,14H,5-8H2,1-4H3;/q-1;;/b;12-9-;. The van der Waals surface area contributed by atoms with Crippen molar-refractivity contribution in [3.8, 4) is 11.3 Å². The number of aliphatic hydroxyl groups excluding tert-OH is 1. The van der Waals surface area contributed by atoms with Crippen LogP contribution in [0.25, 0.3) is 42.2 Å². The number of pyridine rings is 1. The van der Waals surface area contributed by atoms with Gasteiger partial charge >= 0.3 is 192 Å². The molecular formula is C41H52GeIrNO2S-. The zero-order chi connectivity index (χ0) is 33.8. The van der Waals surface area contributed by atoms with E-state index in [-0.39, 0.29) is 48.9 Å². The van der Waals surface area contributed by atoms with E-state index in [1.54, 1.807) is 4.40 Å². The van der Waals surface area contributed by atoms with Crippen LogP contribution in [0.3, 0.4) is 0 Å². The number of hydrogen-bond donors (Lipinski definition) is 1. The molecular weight excluding hydrogens is 835 g/mol. The van der Waals surface area contributed by atoms with Crippen molar-refractivity contribution in [2.24, 2.45) is 11.8 Å². The second kappa shape index (κ2) is 16.4. The fourth-order valence-electron chi connectivity index (χ4n) is 6.12. The average Bonchev–Trinajstić information content (AvgIpc) is 3.39. The van der Waals surface area contributed by atoms with Crippen molar-refractivity contribution in [1.82, 2.24) is 4.98 Å². The van der Waals surface area contributed by atoms with Crippen molar-refractivity contribution in [1.29, 1.82) is 0 Å². The minimum absolute atomic E-state index is 0. The molecule has 2 heterocycles. The number of benzene rings is 3. The number of allylic oxidation sites excluding steroid dienone is 2. The number of thiophene rings is 1. The maximum absolute atomic E-state index is 11.7. The molecule has 3 nitrogen and oxygen atoms in total. The predicted octanol–water partition coefficient (Wildman–Crippen LogP) is 11.8. The van der Waals surface area contributed by atoms with Crippen LogP contribution in [-0.2, 0) is 30.3 Å². The van der Waals surface area contributed by atoms with Crippen molar-refractivity contribution in [2.75, 3.05) is 0 Å². The summed E-state index contributed by atoms with van der Waals surface area (Å²) in [5.41, 5.74) is 3.54. The predicted molar refractivity (Wildman–Crippen MR) is 204 cm³/mol. The van der Waals surface area contributed by atoms with E-state index in [0.717, 1.165) is 42.3 Å². The monoisotopic (exact) mass is 889 g/mol. The quantitative estimate of drug-likeness (QED) is 0.0694. The Morgan fingerprint density at radius 3 is 2.13 bits per heavy atom. The Morgan fingerprint density at radius 1 is 0.894 bits per heavy atom. The van der Waals surface area contributed by atoms with Crippen LogP contribution in [0.1, 0.15) is 79.7 Å². The topological polar surface area (TPSA) is 50.2 Å². The van der Waals surface area contributed by atoms with Crippen molar-refractivity contribution >= 4 is 65.7 Å². The Hall–Kier alpha value is -2.31. The molecule has 0 saturated carbocycles. The van der Waals surface area contributed by atoms with Crippen LogP contribution in [0.15, 0.2) is 72.6 Å². The molecule has 5 aromatic rings. The van der Waals surface area contributed by atoms with Gasteiger partial charge in [-0.2, -0.15) is 0 Å². The molecule has 6 heteroatoms. The van der Waals surface area contributed by atoms with Crippen molar-refractivity contribution < 1.29 is 30.0 Å². The van der Waals surface area contributed by atoms with E-state index in [9.17, 15) is 9.90 Å². The number of carbonyl (C=O) groups is 1. The molecule has 0 aliphatic rings. The fraction of sp³-hybridized carbons (Fsp3) is 0.415. The number of hydrogen-bond acceptors (Lipinski definition) is 4. The van der Waals surface area contributed by atoms with Crippen molar-refractivity contribution in [2.45, 2.75) is 96.8 Å². The van der Waals surface area contributed by atoms with Gasteiger partial charge in [0.25, 0.3) is 0 Å². The summed E-state index contributed by atoms with van der Waals surface area (Å²) in [7, 11) is 0. The van der Waals surface area contributed by atoms with Gasteiger partial charge in [0.15, 0.2) is 5.78 Å². The largest absolute Gasteiger partial charge is 0.512 e. The summed E-state index contributed by atoms with van der Waals surface area (Å²) in [6.07, 6.45) is 6.86. The molecule has 0 bridgehead atoms. The molecule has 0 spiro atoms. The second-order valence-corrected chi connectivity index (χ2v) is 26.2. The summed E-state index contributed by atoms with van der Waals surface area (Å²) in [5, 5.41) is 14.8. The number of carbonyl (C=O) groups excluding carboxylic acids is 1. The summed E-state index contributed by atoms with van der Waals surface area (Å²) in [5.74, 6) is 7.92. The molecule has 253 valence electrons. The molecule has 3 aromatic carbocycles. The van der Waals surface area contributed by atoms with Crippen LogP contribution in [-0.4, -0.2) is 29.1 Å². The number of rotatable bonds is 9. The van der Waals surface area contributed by atoms with Gasteiger partial charge in [-0.1, -0.05) is 27.7 Å². The average molecular weight is 888 g/mol. The minimum atomic E-state index is -1.87. The normalized spacial score (nSPS) is 12.5. The van der Waals surface area contributed by atoms with Gasteiger partial charge in [0.2, 0.25) is 0 Å². The molecule has 0 saturated heterocycles. The molecule has 0 aliphatic carbocycles. The number of nitrogens with zero attached hydrogens (tertiary/aromatic N) is 1. The first-order valence-corrected chi connectivity index (χ1v) is 25.1. The maximum Gasteiger partial charge on any atom is 0.162 e. The third-order valence-corrected chi connectivity index (χ3v) is 14.6. The van der Waals surface area contributed by atoms with Gasteiger partial charge in [-0.15, -0.1) is 0 Å². The molecule has 1 N–H and O–H groups in total. The third-order valence-electron chi connectivity index (χ3n) is 9.17. The smallest absolute Gasteiger partial charge is 0.162 e. The van der Waals surface area contributed by atoms with Crippen LogP contribution in [0.2, 0.25) is 17.3 Å². The molecule has 0 atom stereocenters. The Labute approximate surface area is 303 Å². The summed E-state index contributed by atoms with van der Waals surface area (Å²) in [6.45, 7) is 14.9. The number of aliphatic hydroxyl groups is 1. The summed E-state index contributed by atoms with van der Waals surface area (Å²) >= 11 is 0.00728. The van der Waals surface area contributed by atoms with E-state index in [4.69, 9.17) is 4.98 Å². The van der Waals surface area contributed by atoms with Gasteiger partial charge in [-0.3, -0.25) is 4.79 Å². The van der Waals surface area contributed by atoms with E-state index < -0.39 is 13.3 Å². The van der Waals surface area contributed by atoms with Gasteiger partial charge in [-0.25, -0.2) is 0 Å². The number of fused-ring (bicyclic) bond motifs is 4. The molecule has 2 aromatic heterocycles. The molecule has 0 unspecified atom stereocenters. The fourth-order valence-corrected chi connectivity index (χ4v) is 10.0. The number of ketones is 1. The SMILES string of the molecule is CC(C)(C)c1cc(-c2nccc3c2sc2c[c]([Ge]([CH3])([CH3])[CH3])ccc23)[c-]c2ccccc12.CCC(CC)C(=O)/C=C(\O)C(CC)CC.[Ir]. The minimum Gasteiger partial charge on any atom is -0.512 e. The second-order valence-electron chi connectivity index (χ2n) is 14.5. The van der Waals surface area contributed by atoms with Gasteiger partial charge < -0.3 is 5.11 Å². The van der Waals surface area contributed by atoms with E-state index in [1.807, 2.05) is 45.2 Å². The van der Waals surface area contributed by atoms with Crippen molar-refractivity contribution in [3.63, 3.8) is 0 Å². The van der Waals surface area contributed by atoms with Gasteiger partial charge in [0.05, 0.1) is 5.76 Å². The van der Waals surface area contributed by atoms with E-state index in [1.165, 1.54) is 37.2 Å². The molecule has 47 heavy (non-hydrogen) atoms. The van der Waals surface area contributed by atoms with Crippen LogP contribution in [0.4, 0.5) is 0 Å².